The van der Waals surface area contributed by atoms with E-state index >= 15 is 0 Å². The Bertz CT molecular complexity index is 155. The van der Waals surface area contributed by atoms with Crippen LogP contribution in [0.15, 0.2) is 0 Å². The number of nitrogens with one attached hydrogen (secondary N) is 1. The zero-order valence-electron chi connectivity index (χ0n) is 8.27. The van der Waals surface area contributed by atoms with Gasteiger partial charge in [0.1, 0.15) is 0 Å². The molecule has 1 N–H and O–H groups in total. The second kappa shape index (κ2) is 3.00. The number of hydrogen-bond acceptors (Lipinski definition) is 2. The topological polar surface area (TPSA) is 15.3 Å². The molecular weight excluding hydrogens is 148 g/mol. The van der Waals surface area contributed by atoms with Gasteiger partial charge in [0, 0.05) is 31.7 Å². The normalized spacial score (nSPS) is 27.5. The minimum atomic E-state index is 0.474. The standard InChI is InChI=1S/C10H20N2/c1-10(2,9-3-4-9)12-7-5-11-6-8-12/h9,11H,3-8H2,1-2H3. The molecule has 2 nitrogen and oxygen atoms in total. The molecule has 0 radical (unpaired) electrons. The first kappa shape index (κ1) is 8.52. The summed E-state index contributed by atoms with van der Waals surface area (Å²) < 4.78 is 0. The second-order valence-corrected chi connectivity index (χ2v) is 4.66. The molecule has 0 aromatic heterocycles. The van der Waals surface area contributed by atoms with Crippen LogP contribution >= 0.6 is 0 Å². The fourth-order valence-electron chi connectivity index (χ4n) is 2.29. The van der Waals surface area contributed by atoms with E-state index in [1.54, 1.807) is 0 Å². The summed E-state index contributed by atoms with van der Waals surface area (Å²) in [5, 5.41) is 3.40. The summed E-state index contributed by atoms with van der Waals surface area (Å²) in [4.78, 5) is 2.65. The van der Waals surface area contributed by atoms with Gasteiger partial charge in [-0.1, -0.05) is 0 Å². The smallest absolute Gasteiger partial charge is 0.0182 e. The third-order valence-corrected chi connectivity index (χ3v) is 3.51. The van der Waals surface area contributed by atoms with Crippen molar-refractivity contribution in [3.8, 4) is 0 Å². The summed E-state index contributed by atoms with van der Waals surface area (Å²) in [5.74, 6) is 0.982. The van der Waals surface area contributed by atoms with Crippen molar-refractivity contribution in [2.24, 2.45) is 5.92 Å². The van der Waals surface area contributed by atoms with Gasteiger partial charge in [-0.2, -0.15) is 0 Å². The first-order valence-electron chi connectivity index (χ1n) is 5.17. The van der Waals surface area contributed by atoms with Crippen LogP contribution in [-0.4, -0.2) is 36.6 Å². The highest BCUT2D eigenvalue weighted by Gasteiger charge is 2.41. The molecule has 0 atom stereocenters. The van der Waals surface area contributed by atoms with Crippen LogP contribution < -0.4 is 5.32 Å². The summed E-state index contributed by atoms with van der Waals surface area (Å²) in [6.07, 6.45) is 2.91. The molecule has 0 amide bonds. The summed E-state index contributed by atoms with van der Waals surface area (Å²) in [7, 11) is 0. The van der Waals surface area contributed by atoms with Crippen LogP contribution in [0.3, 0.4) is 0 Å². The average molecular weight is 168 g/mol. The van der Waals surface area contributed by atoms with Crippen LogP contribution in [-0.2, 0) is 0 Å². The van der Waals surface area contributed by atoms with E-state index in [1.807, 2.05) is 0 Å². The monoisotopic (exact) mass is 168 g/mol. The maximum Gasteiger partial charge on any atom is 0.0182 e. The summed E-state index contributed by atoms with van der Waals surface area (Å²) in [5.41, 5.74) is 0.474. The van der Waals surface area contributed by atoms with E-state index < -0.39 is 0 Å². The highest BCUT2D eigenvalue weighted by atomic mass is 15.2. The maximum atomic E-state index is 3.40. The Morgan fingerprint density at radius 2 is 1.75 bits per heavy atom. The van der Waals surface area contributed by atoms with Crippen LogP contribution in [0.2, 0.25) is 0 Å². The SMILES string of the molecule is CC(C)(C1CC1)N1CCNCC1. The van der Waals surface area contributed by atoms with E-state index in [4.69, 9.17) is 0 Å². The molecule has 2 fully saturated rings. The lowest BCUT2D eigenvalue weighted by Crippen LogP contribution is -2.54. The van der Waals surface area contributed by atoms with E-state index in [2.05, 4.69) is 24.1 Å². The van der Waals surface area contributed by atoms with Gasteiger partial charge >= 0.3 is 0 Å². The van der Waals surface area contributed by atoms with Gasteiger partial charge in [-0.15, -0.1) is 0 Å². The molecule has 1 saturated heterocycles. The third-order valence-electron chi connectivity index (χ3n) is 3.51. The van der Waals surface area contributed by atoms with Gasteiger partial charge in [-0.3, -0.25) is 4.90 Å². The molecule has 1 saturated carbocycles. The van der Waals surface area contributed by atoms with Gasteiger partial charge in [0.2, 0.25) is 0 Å². The Morgan fingerprint density at radius 3 is 2.25 bits per heavy atom. The van der Waals surface area contributed by atoms with Gasteiger partial charge in [0.05, 0.1) is 0 Å². The number of rotatable bonds is 2. The van der Waals surface area contributed by atoms with Gasteiger partial charge in [-0.05, 0) is 32.6 Å². The molecule has 70 valence electrons. The zero-order chi connectivity index (χ0) is 8.60. The molecule has 1 heterocycles. The molecule has 2 aliphatic rings. The minimum absolute atomic E-state index is 0.474. The fraction of sp³-hybridized carbons (Fsp3) is 1.00. The van der Waals surface area contributed by atoms with E-state index in [9.17, 15) is 0 Å². The van der Waals surface area contributed by atoms with Crippen LogP contribution in [0.25, 0.3) is 0 Å². The van der Waals surface area contributed by atoms with E-state index in [0.29, 0.717) is 5.54 Å². The Labute approximate surface area is 75.3 Å². The predicted octanol–water partition coefficient (Wildman–Crippen LogP) is 1.08. The molecule has 1 aliphatic carbocycles. The van der Waals surface area contributed by atoms with Crippen molar-refractivity contribution in [3.63, 3.8) is 0 Å². The molecule has 2 heteroatoms. The lowest BCUT2D eigenvalue weighted by Gasteiger charge is -2.41. The third kappa shape index (κ3) is 1.50. The lowest BCUT2D eigenvalue weighted by atomic mass is 9.95. The maximum absolute atomic E-state index is 3.40. The predicted molar refractivity (Wildman–Crippen MR) is 51.2 cm³/mol. The molecular formula is C10H20N2. The first-order chi connectivity index (χ1) is 5.71. The number of hydrogen-bond donors (Lipinski definition) is 1. The molecule has 0 aromatic rings. The highest BCUT2D eigenvalue weighted by molar-refractivity contribution is 4.97. The molecule has 0 bridgehead atoms. The first-order valence-corrected chi connectivity index (χ1v) is 5.17. The van der Waals surface area contributed by atoms with Gasteiger partial charge in [0.15, 0.2) is 0 Å². The summed E-state index contributed by atoms with van der Waals surface area (Å²) >= 11 is 0. The van der Waals surface area contributed by atoms with Crippen molar-refractivity contribution >= 4 is 0 Å². The summed E-state index contributed by atoms with van der Waals surface area (Å²) in [6, 6.07) is 0. The number of piperazine rings is 1. The van der Waals surface area contributed by atoms with Gasteiger partial charge < -0.3 is 5.32 Å². The van der Waals surface area contributed by atoms with E-state index in [-0.39, 0.29) is 0 Å². The van der Waals surface area contributed by atoms with Crippen molar-refractivity contribution in [2.75, 3.05) is 26.2 Å². The van der Waals surface area contributed by atoms with Crippen LogP contribution in [0.1, 0.15) is 26.7 Å². The number of nitrogens with zero attached hydrogens (tertiary/aromatic N) is 1. The van der Waals surface area contributed by atoms with Crippen molar-refractivity contribution in [1.29, 1.82) is 0 Å². The van der Waals surface area contributed by atoms with Gasteiger partial charge in [0.25, 0.3) is 0 Å². The summed E-state index contributed by atoms with van der Waals surface area (Å²) in [6.45, 7) is 9.66. The fourth-order valence-corrected chi connectivity index (χ4v) is 2.29. The Hall–Kier alpha value is -0.0800. The molecule has 0 aromatic carbocycles. The lowest BCUT2D eigenvalue weighted by molar-refractivity contribution is 0.0845. The minimum Gasteiger partial charge on any atom is -0.314 e. The molecule has 0 spiro atoms. The van der Waals surface area contributed by atoms with Crippen LogP contribution in [0.5, 0.6) is 0 Å². The van der Waals surface area contributed by atoms with Crippen LogP contribution in [0, 0.1) is 5.92 Å². The highest BCUT2D eigenvalue weighted by Crippen LogP contribution is 2.42. The largest absolute Gasteiger partial charge is 0.314 e. The molecule has 1 aliphatic heterocycles. The zero-order valence-corrected chi connectivity index (χ0v) is 8.27. The van der Waals surface area contributed by atoms with Gasteiger partial charge in [-0.25, -0.2) is 0 Å². The molecule has 2 rings (SSSR count). The van der Waals surface area contributed by atoms with Crippen molar-refractivity contribution in [2.45, 2.75) is 32.2 Å². The Morgan fingerprint density at radius 1 is 1.17 bits per heavy atom. The second-order valence-electron chi connectivity index (χ2n) is 4.66. The molecule has 0 unspecified atom stereocenters. The van der Waals surface area contributed by atoms with Crippen LogP contribution in [0.4, 0.5) is 0 Å². The van der Waals surface area contributed by atoms with Crippen molar-refractivity contribution in [1.82, 2.24) is 10.2 Å². The quantitative estimate of drug-likeness (QED) is 0.664. The van der Waals surface area contributed by atoms with E-state index in [1.165, 1.54) is 39.0 Å². The van der Waals surface area contributed by atoms with Crippen molar-refractivity contribution in [3.05, 3.63) is 0 Å². The van der Waals surface area contributed by atoms with Crippen molar-refractivity contribution < 1.29 is 0 Å². The van der Waals surface area contributed by atoms with E-state index in [0.717, 1.165) is 5.92 Å². The Kier molecular flexibility index (Phi) is 2.13. The average Bonchev–Trinajstić information content (AvgIpc) is 2.88. The Balaban J connectivity index is 1.95. The molecule has 12 heavy (non-hydrogen) atoms.